The smallest absolute Gasteiger partial charge is 0.328 e. The van der Waals surface area contributed by atoms with Crippen LogP contribution in [0.5, 0.6) is 11.5 Å². The van der Waals surface area contributed by atoms with Crippen molar-refractivity contribution in [2.24, 2.45) is 5.73 Å². The zero-order chi connectivity index (χ0) is 14.0. The van der Waals surface area contributed by atoms with Gasteiger partial charge in [-0.25, -0.2) is 9.69 Å². The van der Waals surface area contributed by atoms with Crippen molar-refractivity contribution in [3.05, 3.63) is 16.1 Å². The summed E-state index contributed by atoms with van der Waals surface area (Å²) in [5.74, 6) is -1.86. The number of anilines is 1. The first-order chi connectivity index (χ1) is 8.31. The first-order valence-electron chi connectivity index (χ1n) is 4.57. The van der Waals surface area contributed by atoms with Crippen molar-refractivity contribution in [1.82, 2.24) is 5.32 Å². The number of guanidine groups is 1. The quantitative estimate of drug-likeness (QED) is 0.305. The number of nitrogens with zero attached hydrogens (tertiary/aromatic N) is 1. The number of nitrogens with one attached hydrogen (secondary N) is 2. The van der Waals surface area contributed by atoms with E-state index in [2.05, 4.69) is 5.32 Å². The van der Waals surface area contributed by atoms with Crippen LogP contribution in [0.15, 0.2) is 6.07 Å². The molecule has 0 bridgehead atoms. The maximum atomic E-state index is 11.6. The predicted molar refractivity (Wildman–Crippen MR) is 68.6 cm³/mol. The van der Waals surface area contributed by atoms with Crippen LogP contribution in [0.25, 0.3) is 0 Å². The second-order valence-corrected chi connectivity index (χ2v) is 3.95. The Morgan fingerprint density at radius 2 is 2.06 bits per heavy atom. The van der Waals surface area contributed by atoms with Crippen molar-refractivity contribution in [2.75, 3.05) is 11.9 Å². The maximum Gasteiger partial charge on any atom is 0.328 e. The number of carbonyl (C=O) groups is 1. The molecule has 0 saturated heterocycles. The van der Waals surface area contributed by atoms with Gasteiger partial charge in [0.2, 0.25) is 5.96 Å². The molecule has 0 atom stereocenters. The number of amides is 2. The van der Waals surface area contributed by atoms with Gasteiger partial charge in [-0.2, -0.15) is 0 Å². The minimum atomic E-state index is -0.767. The average Bonchev–Trinajstić information content (AvgIpc) is 2.30. The van der Waals surface area contributed by atoms with Gasteiger partial charge in [0.15, 0.2) is 11.5 Å². The highest BCUT2D eigenvalue weighted by atomic mass is 35.5. The third-order valence-electron chi connectivity index (χ3n) is 2.03. The number of aromatic hydroxyl groups is 2. The van der Waals surface area contributed by atoms with Crippen LogP contribution < -0.4 is 16.0 Å². The lowest BCUT2D eigenvalue weighted by atomic mass is 10.2. The molecule has 9 heteroatoms. The second-order valence-electron chi connectivity index (χ2n) is 3.16. The first kappa shape index (κ1) is 14.2. The van der Waals surface area contributed by atoms with Gasteiger partial charge < -0.3 is 21.3 Å². The lowest BCUT2D eigenvalue weighted by molar-refractivity contribution is 0.251. The highest BCUT2D eigenvalue weighted by Crippen LogP contribution is 2.45. The zero-order valence-electron chi connectivity index (χ0n) is 9.16. The molecule has 98 valence electrons. The Labute approximate surface area is 112 Å². The van der Waals surface area contributed by atoms with Crippen LogP contribution in [-0.2, 0) is 0 Å². The molecule has 0 fully saturated rings. The third-order valence-corrected chi connectivity index (χ3v) is 2.68. The van der Waals surface area contributed by atoms with Crippen molar-refractivity contribution in [2.45, 2.75) is 0 Å². The Balaban J connectivity index is 3.51. The van der Waals surface area contributed by atoms with E-state index in [1.54, 1.807) is 0 Å². The molecule has 6 N–H and O–H groups in total. The van der Waals surface area contributed by atoms with Gasteiger partial charge in [0.1, 0.15) is 5.02 Å². The van der Waals surface area contributed by atoms with E-state index < -0.39 is 23.5 Å². The van der Waals surface area contributed by atoms with E-state index in [1.165, 1.54) is 7.05 Å². The number of phenols is 2. The summed E-state index contributed by atoms with van der Waals surface area (Å²) in [6.45, 7) is 0. The van der Waals surface area contributed by atoms with Gasteiger partial charge in [0.05, 0.1) is 10.7 Å². The van der Waals surface area contributed by atoms with Crippen molar-refractivity contribution in [3.63, 3.8) is 0 Å². The van der Waals surface area contributed by atoms with Crippen molar-refractivity contribution < 1.29 is 15.0 Å². The van der Waals surface area contributed by atoms with Gasteiger partial charge in [-0.3, -0.25) is 5.41 Å². The Morgan fingerprint density at radius 3 is 2.50 bits per heavy atom. The van der Waals surface area contributed by atoms with Crippen molar-refractivity contribution in [3.8, 4) is 11.5 Å². The summed E-state index contributed by atoms with van der Waals surface area (Å²) in [4.78, 5) is 12.2. The molecule has 1 rings (SSSR count). The number of carbonyl (C=O) groups excluding carboxylic acids is 1. The molecule has 0 saturated carbocycles. The van der Waals surface area contributed by atoms with E-state index in [-0.39, 0.29) is 15.7 Å². The van der Waals surface area contributed by atoms with Gasteiger partial charge in [-0.15, -0.1) is 0 Å². The third kappa shape index (κ3) is 2.36. The molecule has 0 aromatic heterocycles. The number of hydrogen-bond donors (Lipinski definition) is 5. The Hall–Kier alpha value is -1.86. The molecule has 0 heterocycles. The number of phenolic OH excluding ortho intramolecular Hbond substituents is 2. The van der Waals surface area contributed by atoms with Gasteiger partial charge >= 0.3 is 6.03 Å². The fraction of sp³-hybridized carbons (Fsp3) is 0.111. The van der Waals surface area contributed by atoms with Gasteiger partial charge in [0.25, 0.3) is 0 Å². The molecule has 0 radical (unpaired) electrons. The van der Waals surface area contributed by atoms with Gasteiger partial charge in [-0.1, -0.05) is 23.2 Å². The van der Waals surface area contributed by atoms with Crippen LogP contribution >= 0.6 is 23.2 Å². The molecule has 1 aromatic carbocycles. The van der Waals surface area contributed by atoms with Crippen molar-refractivity contribution in [1.29, 1.82) is 5.41 Å². The molecular weight excluding hydrogens is 283 g/mol. The molecule has 0 aliphatic carbocycles. The molecule has 18 heavy (non-hydrogen) atoms. The van der Waals surface area contributed by atoms with E-state index in [0.29, 0.717) is 4.90 Å². The summed E-state index contributed by atoms with van der Waals surface area (Å²) in [5, 5.41) is 27.8. The summed E-state index contributed by atoms with van der Waals surface area (Å²) < 4.78 is 0. The van der Waals surface area contributed by atoms with Crippen molar-refractivity contribution >= 4 is 40.9 Å². The fourth-order valence-corrected chi connectivity index (χ4v) is 1.85. The summed E-state index contributed by atoms with van der Waals surface area (Å²) in [5.41, 5.74) is 5.06. The Kier molecular flexibility index (Phi) is 4.10. The molecule has 0 spiro atoms. The molecule has 1 aromatic rings. The summed E-state index contributed by atoms with van der Waals surface area (Å²) in [7, 11) is 1.32. The lowest BCUT2D eigenvalue weighted by Gasteiger charge is -2.22. The van der Waals surface area contributed by atoms with Crippen LogP contribution in [0, 0.1) is 5.41 Å². The van der Waals surface area contributed by atoms with Crippen LogP contribution in [0.4, 0.5) is 10.5 Å². The first-order valence-corrected chi connectivity index (χ1v) is 5.32. The number of urea groups is 1. The SMILES string of the molecule is CNC(=O)N(C(=N)N)c1c(Cl)cc(O)c(O)c1Cl. The zero-order valence-corrected chi connectivity index (χ0v) is 10.7. The van der Waals surface area contributed by atoms with E-state index in [1.807, 2.05) is 0 Å². The highest BCUT2D eigenvalue weighted by Gasteiger charge is 2.26. The van der Waals surface area contributed by atoms with Crippen LogP contribution in [-0.4, -0.2) is 29.3 Å². The predicted octanol–water partition coefficient (Wildman–Crippen LogP) is 1.44. The maximum absolute atomic E-state index is 11.6. The second kappa shape index (κ2) is 5.19. The van der Waals surface area contributed by atoms with E-state index >= 15 is 0 Å². The number of rotatable bonds is 1. The lowest BCUT2D eigenvalue weighted by Crippen LogP contribution is -2.46. The molecule has 0 unspecified atom stereocenters. The van der Waals surface area contributed by atoms with Gasteiger partial charge in [-0.05, 0) is 0 Å². The van der Waals surface area contributed by atoms with E-state index in [4.69, 9.17) is 34.3 Å². The molecule has 7 nitrogen and oxygen atoms in total. The standard InChI is InChI=1S/C9H10Cl2N4O3/c1-14-9(18)15(8(12)13)6-3(10)2-4(16)7(17)5(6)11/h2,16-17H,1H3,(H3,12,13)(H,14,18). The number of halogens is 2. The highest BCUT2D eigenvalue weighted by molar-refractivity contribution is 6.42. The molecular formula is C9H10Cl2N4O3. The topological polar surface area (TPSA) is 123 Å². The normalized spacial score (nSPS) is 9.94. The van der Waals surface area contributed by atoms with E-state index in [9.17, 15) is 15.0 Å². The van der Waals surface area contributed by atoms with Crippen LogP contribution in [0.3, 0.4) is 0 Å². The Bertz CT molecular complexity index is 521. The summed E-state index contributed by atoms with van der Waals surface area (Å²) >= 11 is 11.6. The minimum absolute atomic E-state index is 0.144. The van der Waals surface area contributed by atoms with E-state index in [0.717, 1.165) is 6.07 Å². The summed E-state index contributed by atoms with van der Waals surface area (Å²) in [6, 6.07) is 0.216. The van der Waals surface area contributed by atoms with Crippen LogP contribution in [0.1, 0.15) is 0 Å². The molecule has 2 amide bonds. The monoisotopic (exact) mass is 292 g/mol. The Morgan fingerprint density at radius 1 is 1.50 bits per heavy atom. The minimum Gasteiger partial charge on any atom is -0.504 e. The average molecular weight is 293 g/mol. The number of nitrogens with two attached hydrogens (primary N) is 1. The summed E-state index contributed by atoms with van der Waals surface area (Å²) in [6.07, 6.45) is 0. The molecule has 0 aliphatic heterocycles. The number of hydrogen-bond acceptors (Lipinski definition) is 4. The number of benzene rings is 1. The van der Waals surface area contributed by atoms with Crippen LogP contribution in [0.2, 0.25) is 10.0 Å². The fourth-order valence-electron chi connectivity index (χ4n) is 1.23. The van der Waals surface area contributed by atoms with Gasteiger partial charge in [0, 0.05) is 13.1 Å². The molecule has 0 aliphatic rings. The largest absolute Gasteiger partial charge is 0.504 e.